The second-order valence-electron chi connectivity index (χ2n) is 5.66. The lowest BCUT2D eigenvalue weighted by molar-refractivity contribution is 0.0954. The van der Waals surface area contributed by atoms with Crippen molar-refractivity contribution in [3.63, 3.8) is 0 Å². The van der Waals surface area contributed by atoms with Crippen LogP contribution in [0, 0.1) is 0 Å². The maximum absolute atomic E-state index is 12.4. The van der Waals surface area contributed by atoms with Crippen molar-refractivity contribution < 1.29 is 4.79 Å². The summed E-state index contributed by atoms with van der Waals surface area (Å²) in [6.45, 7) is 4.84. The number of hydrogen-bond donors (Lipinski definition) is 2. The Morgan fingerprint density at radius 2 is 1.92 bits per heavy atom. The van der Waals surface area contributed by atoms with E-state index in [9.17, 15) is 4.79 Å². The van der Waals surface area contributed by atoms with Crippen LogP contribution in [-0.4, -0.2) is 19.5 Å². The molecule has 3 nitrogen and oxygen atoms in total. The predicted octanol–water partition coefficient (Wildman–Crippen LogP) is 5.11. The summed E-state index contributed by atoms with van der Waals surface area (Å²) in [6.07, 6.45) is 3.97. The lowest BCUT2D eigenvalue weighted by Gasteiger charge is -2.12. The Bertz CT molecular complexity index is 726. The van der Waals surface area contributed by atoms with Gasteiger partial charge in [0.1, 0.15) is 0 Å². The molecule has 0 aliphatic rings. The Morgan fingerprint density at radius 1 is 1.16 bits per heavy atom. The monoisotopic (exact) mass is 354 g/mol. The zero-order valence-electron chi connectivity index (χ0n) is 15.1. The minimum Gasteiger partial charge on any atom is -0.387 e. The Labute approximate surface area is 154 Å². The molecule has 2 aromatic carbocycles. The van der Waals surface area contributed by atoms with E-state index in [0.717, 1.165) is 23.4 Å². The Morgan fingerprint density at radius 3 is 2.56 bits per heavy atom. The number of nitrogens with one attached hydrogen (secondary N) is 2. The summed E-state index contributed by atoms with van der Waals surface area (Å²) in [7, 11) is 1.89. The quantitative estimate of drug-likeness (QED) is 0.648. The Kier molecular flexibility index (Phi) is 7.61. The van der Waals surface area contributed by atoms with Crippen LogP contribution in [-0.2, 0) is 6.42 Å². The molecule has 0 aromatic heterocycles. The van der Waals surface area contributed by atoms with E-state index in [-0.39, 0.29) is 5.91 Å². The number of rotatable bonds is 8. The van der Waals surface area contributed by atoms with Crippen LogP contribution in [0.25, 0.3) is 0 Å². The lowest BCUT2D eigenvalue weighted by Crippen LogP contribution is -2.25. The molecule has 0 aliphatic carbocycles. The maximum atomic E-state index is 12.4. The molecule has 4 heteroatoms. The molecular formula is C21H26N2OS. The smallest absolute Gasteiger partial charge is 0.251 e. The highest BCUT2D eigenvalue weighted by Gasteiger charge is 2.10. The number of carbonyl (C=O) groups excluding carboxylic acids is 1. The van der Waals surface area contributed by atoms with Crippen LogP contribution in [0.15, 0.2) is 64.4 Å². The van der Waals surface area contributed by atoms with Gasteiger partial charge in [0.25, 0.3) is 5.91 Å². The van der Waals surface area contributed by atoms with E-state index >= 15 is 0 Å². The molecule has 2 aromatic rings. The SMILES string of the molecule is C/C=C(\CC)Sc1ccc(C(=O)NCCc2ccccc2)cc1NC. The average Bonchev–Trinajstić information content (AvgIpc) is 2.66. The number of anilines is 1. The molecule has 1 amide bonds. The molecule has 132 valence electrons. The summed E-state index contributed by atoms with van der Waals surface area (Å²) in [5, 5.41) is 6.19. The van der Waals surface area contributed by atoms with Crippen molar-refractivity contribution in [1.82, 2.24) is 5.32 Å². The van der Waals surface area contributed by atoms with Gasteiger partial charge in [0, 0.05) is 29.7 Å². The van der Waals surface area contributed by atoms with Crippen molar-refractivity contribution in [2.75, 3.05) is 18.9 Å². The first-order valence-electron chi connectivity index (χ1n) is 8.64. The molecular weight excluding hydrogens is 328 g/mol. The Hall–Kier alpha value is -2.20. The van der Waals surface area contributed by atoms with Crippen LogP contribution < -0.4 is 10.6 Å². The Balaban J connectivity index is 2.00. The van der Waals surface area contributed by atoms with E-state index in [2.05, 4.69) is 42.7 Å². The van der Waals surface area contributed by atoms with Crippen molar-refractivity contribution in [3.8, 4) is 0 Å². The molecule has 0 atom stereocenters. The summed E-state index contributed by atoms with van der Waals surface area (Å²) in [5.41, 5.74) is 2.89. The first-order valence-corrected chi connectivity index (χ1v) is 9.46. The highest BCUT2D eigenvalue weighted by Crippen LogP contribution is 2.34. The summed E-state index contributed by atoms with van der Waals surface area (Å²) in [6, 6.07) is 16.0. The number of benzene rings is 2. The predicted molar refractivity (Wildman–Crippen MR) is 108 cm³/mol. The van der Waals surface area contributed by atoms with Gasteiger partial charge in [0.05, 0.1) is 0 Å². The highest BCUT2D eigenvalue weighted by atomic mass is 32.2. The molecule has 0 saturated carbocycles. The molecule has 25 heavy (non-hydrogen) atoms. The van der Waals surface area contributed by atoms with Gasteiger partial charge in [-0.25, -0.2) is 0 Å². The third-order valence-corrected chi connectivity index (χ3v) is 5.33. The van der Waals surface area contributed by atoms with Crippen LogP contribution in [0.5, 0.6) is 0 Å². The van der Waals surface area contributed by atoms with E-state index < -0.39 is 0 Å². The van der Waals surface area contributed by atoms with Gasteiger partial charge in [0.15, 0.2) is 0 Å². The van der Waals surface area contributed by atoms with Crippen molar-refractivity contribution >= 4 is 23.4 Å². The fraction of sp³-hybridized carbons (Fsp3) is 0.286. The molecule has 0 saturated heterocycles. The van der Waals surface area contributed by atoms with E-state index in [0.29, 0.717) is 12.1 Å². The standard InChI is InChI=1S/C21H26N2OS/c1-4-18(5-2)25-20-12-11-17(15-19(20)22-3)21(24)23-14-13-16-9-7-6-8-10-16/h4,6-12,15,22H,5,13-14H2,1-3H3,(H,23,24)/b18-4+. The molecule has 0 unspecified atom stereocenters. The van der Waals surface area contributed by atoms with Gasteiger partial charge in [-0.1, -0.05) is 55.1 Å². The van der Waals surface area contributed by atoms with Crippen LogP contribution in [0.1, 0.15) is 36.2 Å². The van der Waals surface area contributed by atoms with E-state index in [1.807, 2.05) is 43.4 Å². The van der Waals surface area contributed by atoms with Gasteiger partial charge in [-0.3, -0.25) is 4.79 Å². The number of hydrogen-bond acceptors (Lipinski definition) is 3. The van der Waals surface area contributed by atoms with Gasteiger partial charge in [-0.05, 0) is 48.4 Å². The van der Waals surface area contributed by atoms with Crippen LogP contribution in [0.4, 0.5) is 5.69 Å². The highest BCUT2D eigenvalue weighted by molar-refractivity contribution is 8.03. The van der Waals surface area contributed by atoms with Crippen LogP contribution in [0.3, 0.4) is 0 Å². The second-order valence-corrected chi connectivity index (χ2v) is 6.83. The molecule has 0 fully saturated rings. The number of amides is 1. The van der Waals surface area contributed by atoms with Crippen LogP contribution in [0.2, 0.25) is 0 Å². The molecule has 2 rings (SSSR count). The molecule has 0 aliphatic heterocycles. The maximum Gasteiger partial charge on any atom is 0.251 e. The molecule has 0 bridgehead atoms. The second kappa shape index (κ2) is 9.94. The molecule has 0 spiro atoms. The van der Waals surface area contributed by atoms with Crippen LogP contribution >= 0.6 is 11.8 Å². The fourth-order valence-corrected chi connectivity index (χ4v) is 3.45. The van der Waals surface area contributed by atoms with Gasteiger partial charge in [-0.15, -0.1) is 0 Å². The minimum atomic E-state index is -0.0364. The summed E-state index contributed by atoms with van der Waals surface area (Å²) in [4.78, 5) is 14.8. The number of allylic oxidation sites excluding steroid dienone is 2. The molecule has 2 N–H and O–H groups in total. The zero-order chi connectivity index (χ0) is 18.1. The molecule has 0 heterocycles. The molecule has 0 radical (unpaired) electrons. The van der Waals surface area contributed by atoms with Crippen molar-refractivity contribution in [3.05, 3.63) is 70.6 Å². The average molecular weight is 355 g/mol. The third kappa shape index (κ3) is 5.68. The largest absolute Gasteiger partial charge is 0.387 e. The number of thioether (sulfide) groups is 1. The first-order chi connectivity index (χ1) is 12.2. The first kappa shape index (κ1) is 19.1. The van der Waals surface area contributed by atoms with Crippen molar-refractivity contribution in [1.29, 1.82) is 0 Å². The topological polar surface area (TPSA) is 41.1 Å². The van der Waals surface area contributed by atoms with E-state index in [1.165, 1.54) is 10.5 Å². The summed E-state index contributed by atoms with van der Waals surface area (Å²) < 4.78 is 0. The van der Waals surface area contributed by atoms with Gasteiger partial charge in [0.2, 0.25) is 0 Å². The number of carbonyl (C=O) groups is 1. The minimum absolute atomic E-state index is 0.0364. The zero-order valence-corrected chi connectivity index (χ0v) is 16.0. The fourth-order valence-electron chi connectivity index (χ4n) is 2.50. The third-order valence-electron chi connectivity index (χ3n) is 3.96. The van der Waals surface area contributed by atoms with E-state index in [1.54, 1.807) is 11.8 Å². The normalized spacial score (nSPS) is 11.2. The van der Waals surface area contributed by atoms with E-state index in [4.69, 9.17) is 0 Å². The van der Waals surface area contributed by atoms with Gasteiger partial charge >= 0.3 is 0 Å². The van der Waals surface area contributed by atoms with Gasteiger partial charge < -0.3 is 10.6 Å². The van der Waals surface area contributed by atoms with Crippen molar-refractivity contribution in [2.45, 2.75) is 31.6 Å². The van der Waals surface area contributed by atoms with Crippen molar-refractivity contribution in [2.24, 2.45) is 0 Å². The summed E-state index contributed by atoms with van der Waals surface area (Å²) in [5.74, 6) is -0.0364. The summed E-state index contributed by atoms with van der Waals surface area (Å²) >= 11 is 1.74. The van der Waals surface area contributed by atoms with Gasteiger partial charge in [-0.2, -0.15) is 0 Å². The lowest BCUT2D eigenvalue weighted by atomic mass is 10.1.